The van der Waals surface area contributed by atoms with Gasteiger partial charge in [0.25, 0.3) is 0 Å². The van der Waals surface area contributed by atoms with Crippen molar-refractivity contribution >= 4 is 11.4 Å². The Hall–Kier alpha value is -2.13. The molecule has 1 N–H and O–H groups in total. The van der Waals surface area contributed by atoms with Crippen LogP contribution in [-0.2, 0) is 4.74 Å². The van der Waals surface area contributed by atoms with Crippen LogP contribution in [0.15, 0.2) is 18.2 Å². The van der Waals surface area contributed by atoms with Crippen LogP contribution in [0.4, 0.5) is 11.4 Å². The summed E-state index contributed by atoms with van der Waals surface area (Å²) in [6.07, 6.45) is 0.957. The lowest BCUT2D eigenvalue weighted by Crippen LogP contribution is -2.15. The summed E-state index contributed by atoms with van der Waals surface area (Å²) in [7, 11) is 0. The molecule has 1 aliphatic rings. The van der Waals surface area contributed by atoms with Gasteiger partial charge in [0.1, 0.15) is 17.3 Å². The summed E-state index contributed by atoms with van der Waals surface area (Å²) in [5.74, 6) is 0.371. The van der Waals surface area contributed by atoms with Crippen LogP contribution in [0.1, 0.15) is 12.0 Å². The number of nitro benzene ring substituents is 1. The van der Waals surface area contributed by atoms with Gasteiger partial charge >= 0.3 is 5.69 Å². The maximum Gasteiger partial charge on any atom is 0.309 e. The van der Waals surface area contributed by atoms with Gasteiger partial charge in [0.05, 0.1) is 11.5 Å². The summed E-state index contributed by atoms with van der Waals surface area (Å²) in [5, 5.41) is 22.9. The fourth-order valence-electron chi connectivity index (χ4n) is 1.97. The molecule has 0 bridgehead atoms. The van der Waals surface area contributed by atoms with E-state index in [-0.39, 0.29) is 11.3 Å². The minimum absolute atomic E-state index is 0.0765. The van der Waals surface area contributed by atoms with Crippen molar-refractivity contribution in [3.63, 3.8) is 0 Å². The van der Waals surface area contributed by atoms with Gasteiger partial charge < -0.3 is 10.1 Å². The molecule has 1 aromatic rings. The van der Waals surface area contributed by atoms with E-state index in [9.17, 15) is 10.1 Å². The predicted octanol–water partition coefficient (Wildman–Crippen LogP) is 1.91. The fraction of sp³-hybridized carbons (Fsp3) is 0.417. The largest absolute Gasteiger partial charge is 0.381 e. The number of anilines is 1. The molecule has 0 spiro atoms. The zero-order valence-corrected chi connectivity index (χ0v) is 9.76. The second kappa shape index (κ2) is 5.47. The lowest BCUT2D eigenvalue weighted by atomic mass is 10.1. The molecule has 1 heterocycles. The molecule has 1 unspecified atom stereocenters. The number of para-hydroxylation sites is 1. The molecule has 0 aromatic heterocycles. The van der Waals surface area contributed by atoms with Gasteiger partial charge in [-0.25, -0.2) is 0 Å². The van der Waals surface area contributed by atoms with Crippen LogP contribution in [0.5, 0.6) is 0 Å². The molecule has 6 nitrogen and oxygen atoms in total. The van der Waals surface area contributed by atoms with Crippen LogP contribution >= 0.6 is 0 Å². The molecule has 0 aliphatic carbocycles. The van der Waals surface area contributed by atoms with E-state index in [2.05, 4.69) is 5.32 Å². The molecule has 1 saturated heterocycles. The van der Waals surface area contributed by atoms with Crippen LogP contribution in [0.3, 0.4) is 0 Å². The summed E-state index contributed by atoms with van der Waals surface area (Å²) < 4.78 is 5.24. The Labute approximate surface area is 104 Å². The Bertz CT molecular complexity index is 490. The number of ether oxygens (including phenoxy) is 1. The normalized spacial score (nSPS) is 18.3. The van der Waals surface area contributed by atoms with Crippen molar-refractivity contribution in [2.24, 2.45) is 5.92 Å². The Balaban J connectivity index is 2.16. The summed E-state index contributed by atoms with van der Waals surface area (Å²) >= 11 is 0. The standard InChI is InChI=1S/C12H13N3O3/c13-6-10-2-1-3-11(12(10)15(16)17)14-7-9-4-5-18-8-9/h1-3,9,14H,4-5,7-8H2. The number of nitrogens with zero attached hydrogens (tertiary/aromatic N) is 2. The van der Waals surface area contributed by atoms with Gasteiger partial charge in [-0.1, -0.05) is 6.07 Å². The molecule has 0 saturated carbocycles. The Kier molecular flexibility index (Phi) is 3.75. The Morgan fingerprint density at radius 3 is 3.06 bits per heavy atom. The van der Waals surface area contributed by atoms with Crippen LogP contribution in [-0.4, -0.2) is 24.7 Å². The van der Waals surface area contributed by atoms with E-state index >= 15 is 0 Å². The zero-order valence-electron chi connectivity index (χ0n) is 9.76. The number of hydrogen-bond acceptors (Lipinski definition) is 5. The molecular weight excluding hydrogens is 234 g/mol. The molecule has 1 fully saturated rings. The van der Waals surface area contributed by atoms with Crippen molar-refractivity contribution in [2.75, 3.05) is 25.1 Å². The van der Waals surface area contributed by atoms with E-state index in [1.165, 1.54) is 6.07 Å². The highest BCUT2D eigenvalue weighted by molar-refractivity contribution is 5.68. The van der Waals surface area contributed by atoms with E-state index in [0.29, 0.717) is 24.8 Å². The van der Waals surface area contributed by atoms with Crippen molar-refractivity contribution in [1.29, 1.82) is 5.26 Å². The summed E-state index contributed by atoms with van der Waals surface area (Å²) in [6, 6.07) is 6.54. The first-order chi connectivity index (χ1) is 8.72. The first-order valence-corrected chi connectivity index (χ1v) is 5.71. The van der Waals surface area contributed by atoms with E-state index in [0.717, 1.165) is 13.0 Å². The lowest BCUT2D eigenvalue weighted by Gasteiger charge is -2.11. The van der Waals surface area contributed by atoms with Crippen molar-refractivity contribution in [3.8, 4) is 6.07 Å². The third kappa shape index (κ3) is 2.57. The molecule has 6 heteroatoms. The van der Waals surface area contributed by atoms with E-state index in [1.807, 2.05) is 6.07 Å². The quantitative estimate of drug-likeness (QED) is 0.648. The van der Waals surface area contributed by atoms with Crippen LogP contribution in [0, 0.1) is 27.4 Å². The molecule has 0 radical (unpaired) electrons. The molecule has 1 aromatic carbocycles. The predicted molar refractivity (Wildman–Crippen MR) is 65.2 cm³/mol. The minimum Gasteiger partial charge on any atom is -0.381 e. The molecule has 2 rings (SSSR count). The number of nitro groups is 1. The number of rotatable bonds is 4. The van der Waals surface area contributed by atoms with Crippen LogP contribution < -0.4 is 5.32 Å². The molecule has 18 heavy (non-hydrogen) atoms. The lowest BCUT2D eigenvalue weighted by molar-refractivity contribution is -0.384. The molecule has 0 amide bonds. The second-order valence-corrected chi connectivity index (χ2v) is 4.18. The van der Waals surface area contributed by atoms with Crippen molar-refractivity contribution < 1.29 is 9.66 Å². The smallest absolute Gasteiger partial charge is 0.309 e. The number of nitrogens with one attached hydrogen (secondary N) is 1. The Morgan fingerprint density at radius 2 is 2.44 bits per heavy atom. The minimum atomic E-state index is -0.522. The molecule has 1 atom stereocenters. The molecule has 1 aliphatic heterocycles. The number of hydrogen-bond donors (Lipinski definition) is 1. The first kappa shape index (κ1) is 12.3. The number of benzene rings is 1. The SMILES string of the molecule is N#Cc1cccc(NCC2CCOC2)c1[N+](=O)[O-]. The average Bonchev–Trinajstić information content (AvgIpc) is 2.88. The van der Waals surface area contributed by atoms with Gasteiger partial charge in [-0.05, 0) is 18.6 Å². The van der Waals surface area contributed by atoms with Gasteiger partial charge in [-0.15, -0.1) is 0 Å². The van der Waals surface area contributed by atoms with Gasteiger partial charge in [-0.3, -0.25) is 10.1 Å². The van der Waals surface area contributed by atoms with Crippen molar-refractivity contribution in [1.82, 2.24) is 0 Å². The van der Waals surface area contributed by atoms with Crippen LogP contribution in [0.2, 0.25) is 0 Å². The third-order valence-corrected chi connectivity index (χ3v) is 2.94. The Morgan fingerprint density at radius 1 is 1.61 bits per heavy atom. The van der Waals surface area contributed by atoms with Crippen molar-refractivity contribution in [2.45, 2.75) is 6.42 Å². The third-order valence-electron chi connectivity index (χ3n) is 2.94. The highest BCUT2D eigenvalue weighted by Gasteiger charge is 2.21. The summed E-state index contributed by atoms with van der Waals surface area (Å²) in [6.45, 7) is 2.04. The van der Waals surface area contributed by atoms with Gasteiger partial charge in [0.2, 0.25) is 0 Å². The van der Waals surface area contributed by atoms with Crippen LogP contribution in [0.25, 0.3) is 0 Å². The topological polar surface area (TPSA) is 88.2 Å². The van der Waals surface area contributed by atoms with E-state index < -0.39 is 4.92 Å². The van der Waals surface area contributed by atoms with Gasteiger partial charge in [-0.2, -0.15) is 5.26 Å². The highest BCUT2D eigenvalue weighted by Crippen LogP contribution is 2.28. The van der Waals surface area contributed by atoms with Gasteiger partial charge in [0.15, 0.2) is 0 Å². The highest BCUT2D eigenvalue weighted by atomic mass is 16.6. The maximum absolute atomic E-state index is 11.0. The zero-order chi connectivity index (χ0) is 13.0. The second-order valence-electron chi connectivity index (χ2n) is 4.18. The monoisotopic (exact) mass is 247 g/mol. The van der Waals surface area contributed by atoms with E-state index in [4.69, 9.17) is 10.00 Å². The van der Waals surface area contributed by atoms with E-state index in [1.54, 1.807) is 12.1 Å². The molecule has 94 valence electrons. The number of nitriles is 1. The molecular formula is C12H13N3O3. The fourth-order valence-corrected chi connectivity index (χ4v) is 1.97. The summed E-state index contributed by atoms with van der Waals surface area (Å²) in [4.78, 5) is 10.5. The first-order valence-electron chi connectivity index (χ1n) is 5.71. The van der Waals surface area contributed by atoms with Gasteiger partial charge in [0, 0.05) is 19.1 Å². The summed E-state index contributed by atoms with van der Waals surface area (Å²) in [5.41, 5.74) is 0.317. The van der Waals surface area contributed by atoms with Crippen molar-refractivity contribution in [3.05, 3.63) is 33.9 Å². The maximum atomic E-state index is 11.0. The average molecular weight is 247 g/mol.